The van der Waals surface area contributed by atoms with Gasteiger partial charge in [-0.15, -0.1) is 0 Å². The molecule has 0 aliphatic rings. The average molecular weight is 174 g/mol. The Morgan fingerprint density at radius 1 is 1.64 bits per heavy atom. The first-order valence-corrected chi connectivity index (χ1v) is 3.68. The number of hydrogen-bond donors (Lipinski definition) is 0. The van der Waals surface area contributed by atoms with Crippen LogP contribution in [0.15, 0.2) is 5.16 Å². The molecule has 0 saturated carbocycles. The summed E-state index contributed by atoms with van der Waals surface area (Å²) >= 11 is 0. The van der Waals surface area contributed by atoms with Crippen molar-refractivity contribution in [2.45, 2.75) is 5.16 Å². The van der Waals surface area contributed by atoms with Gasteiger partial charge in [0.1, 0.15) is 0 Å². The minimum atomic E-state index is -4.27. The van der Waals surface area contributed by atoms with E-state index in [1.807, 2.05) is 0 Å². The van der Waals surface area contributed by atoms with Gasteiger partial charge in [-0.2, -0.15) is 5.26 Å². The van der Waals surface area contributed by atoms with Crippen molar-refractivity contribution < 1.29 is 8.42 Å². The molecule has 0 fully saturated rings. The SMILES string of the molecule is N#CS(=O)(=O)c1nnnn1[O-]. The van der Waals surface area contributed by atoms with E-state index in [-0.39, 0.29) is 4.85 Å². The summed E-state index contributed by atoms with van der Waals surface area (Å²) in [4.78, 5) is -0.335. The number of sulfone groups is 1. The Balaban J connectivity index is 3.37. The van der Waals surface area contributed by atoms with Crippen molar-refractivity contribution in [3.05, 3.63) is 5.21 Å². The third kappa shape index (κ3) is 1.10. The Bertz CT molecular complexity index is 398. The second-order valence-electron chi connectivity index (χ2n) is 1.43. The monoisotopic (exact) mass is 174 g/mol. The summed E-state index contributed by atoms with van der Waals surface area (Å²) in [6.45, 7) is 0. The summed E-state index contributed by atoms with van der Waals surface area (Å²) in [5.74, 6) is 0. The van der Waals surface area contributed by atoms with Crippen LogP contribution in [-0.4, -0.2) is 28.8 Å². The summed E-state index contributed by atoms with van der Waals surface area (Å²) in [7, 11) is -4.27. The predicted octanol–water partition coefficient (Wildman–Crippen LogP) is -1.73. The van der Waals surface area contributed by atoms with E-state index in [4.69, 9.17) is 5.26 Å². The molecule has 11 heavy (non-hydrogen) atoms. The Morgan fingerprint density at radius 2 is 2.27 bits per heavy atom. The maximum absolute atomic E-state index is 10.6. The Hall–Kier alpha value is -1.69. The van der Waals surface area contributed by atoms with Crippen LogP contribution in [0.5, 0.6) is 0 Å². The molecule has 8 nitrogen and oxygen atoms in total. The molecule has 0 aliphatic heterocycles. The van der Waals surface area contributed by atoms with Crippen LogP contribution in [-0.2, 0) is 9.84 Å². The van der Waals surface area contributed by atoms with Gasteiger partial charge >= 0.3 is 9.84 Å². The molecule has 0 amide bonds. The van der Waals surface area contributed by atoms with E-state index in [0.717, 1.165) is 5.40 Å². The quantitative estimate of drug-likeness (QED) is 0.366. The van der Waals surface area contributed by atoms with Crippen LogP contribution < -0.4 is 0 Å². The van der Waals surface area contributed by atoms with Crippen molar-refractivity contribution in [3.63, 3.8) is 0 Å². The van der Waals surface area contributed by atoms with E-state index < -0.39 is 15.0 Å². The zero-order chi connectivity index (χ0) is 8.48. The number of hydrogen-bond acceptors (Lipinski definition) is 7. The first-order chi connectivity index (χ1) is 5.08. The van der Waals surface area contributed by atoms with Gasteiger partial charge < -0.3 is 5.21 Å². The van der Waals surface area contributed by atoms with Gasteiger partial charge in [-0.25, -0.2) is 13.3 Å². The Morgan fingerprint density at radius 3 is 2.64 bits per heavy atom. The van der Waals surface area contributed by atoms with Crippen molar-refractivity contribution in [1.29, 1.82) is 5.26 Å². The smallest absolute Gasteiger partial charge is 0.306 e. The number of rotatable bonds is 1. The summed E-state index contributed by atoms with van der Waals surface area (Å²) in [6, 6.07) is 0. The standard InChI is InChI=1S/C2N5O3S/c3-1-11(9,10)2-4-5-6-7(2)8/q-1. The van der Waals surface area contributed by atoms with E-state index in [1.165, 1.54) is 0 Å². The molecule has 1 aromatic heterocycles. The highest BCUT2D eigenvalue weighted by Crippen LogP contribution is 2.00. The van der Waals surface area contributed by atoms with Crippen molar-refractivity contribution >= 4 is 9.84 Å². The van der Waals surface area contributed by atoms with Crippen molar-refractivity contribution in [2.24, 2.45) is 0 Å². The van der Waals surface area contributed by atoms with Crippen LogP contribution in [0, 0.1) is 15.9 Å². The molecule has 0 spiro atoms. The van der Waals surface area contributed by atoms with Crippen LogP contribution in [0.1, 0.15) is 0 Å². The van der Waals surface area contributed by atoms with Crippen molar-refractivity contribution in [1.82, 2.24) is 20.4 Å². The third-order valence-electron chi connectivity index (χ3n) is 0.776. The predicted molar refractivity (Wildman–Crippen MR) is 29.4 cm³/mol. The fourth-order valence-electron chi connectivity index (χ4n) is 0.368. The van der Waals surface area contributed by atoms with Gasteiger partial charge in [0.25, 0.3) is 5.16 Å². The summed E-state index contributed by atoms with van der Waals surface area (Å²) in [5, 5.41) is 26.6. The molecule has 1 heterocycles. The maximum atomic E-state index is 10.6. The molecule has 0 aromatic carbocycles. The summed E-state index contributed by atoms with van der Waals surface area (Å²) in [6.07, 6.45) is 0. The van der Waals surface area contributed by atoms with E-state index >= 15 is 0 Å². The van der Waals surface area contributed by atoms with Crippen LogP contribution in [0.25, 0.3) is 0 Å². The van der Waals surface area contributed by atoms with E-state index in [9.17, 15) is 13.6 Å². The lowest BCUT2D eigenvalue weighted by Gasteiger charge is -2.00. The lowest BCUT2D eigenvalue weighted by Crippen LogP contribution is -2.05. The van der Waals surface area contributed by atoms with Gasteiger partial charge in [0.15, 0.2) is 0 Å². The molecule has 0 radical (unpaired) electrons. The molecular formula is C2N5O3S-. The lowest BCUT2D eigenvalue weighted by atomic mass is 11.4. The highest BCUT2D eigenvalue weighted by atomic mass is 32.2. The molecule has 0 atom stereocenters. The second-order valence-corrected chi connectivity index (χ2v) is 2.98. The van der Waals surface area contributed by atoms with E-state index in [1.54, 1.807) is 0 Å². The molecule has 1 aromatic rings. The number of nitriles is 1. The van der Waals surface area contributed by atoms with Crippen molar-refractivity contribution in [2.75, 3.05) is 0 Å². The Kier molecular flexibility index (Phi) is 1.46. The van der Waals surface area contributed by atoms with Gasteiger partial charge in [0, 0.05) is 0 Å². The van der Waals surface area contributed by atoms with Crippen LogP contribution in [0.2, 0.25) is 0 Å². The second kappa shape index (κ2) is 2.17. The number of thiocyanates is 1. The normalized spacial score (nSPS) is 10.8. The summed E-state index contributed by atoms with van der Waals surface area (Å²) < 4.78 is 21.1. The van der Waals surface area contributed by atoms with Gasteiger partial charge in [-0.3, -0.25) is 0 Å². The zero-order valence-corrected chi connectivity index (χ0v) is 5.69. The number of aromatic nitrogens is 4. The van der Waals surface area contributed by atoms with Crippen molar-refractivity contribution in [3.8, 4) is 5.40 Å². The fraction of sp³-hybridized carbons (Fsp3) is 0. The van der Waals surface area contributed by atoms with Crippen LogP contribution in [0.3, 0.4) is 0 Å². The van der Waals surface area contributed by atoms with Gasteiger partial charge in [0.2, 0.25) is 5.40 Å². The highest BCUT2D eigenvalue weighted by Gasteiger charge is 2.18. The third-order valence-corrected chi connectivity index (χ3v) is 1.73. The van der Waals surface area contributed by atoms with E-state index in [0.29, 0.717) is 0 Å². The molecule has 0 N–H and O–H groups in total. The highest BCUT2D eigenvalue weighted by molar-refractivity contribution is 7.95. The molecule has 1 rings (SSSR count). The van der Waals surface area contributed by atoms with Gasteiger partial charge in [-0.1, -0.05) is 5.10 Å². The Labute approximate surface area is 60.5 Å². The molecule has 9 heteroatoms. The molecule has 0 bridgehead atoms. The zero-order valence-electron chi connectivity index (χ0n) is 4.87. The molecule has 58 valence electrons. The first kappa shape index (κ1) is 7.42. The van der Waals surface area contributed by atoms with Crippen LogP contribution >= 0.6 is 0 Å². The number of nitrogens with zero attached hydrogens (tertiary/aromatic N) is 5. The average Bonchev–Trinajstić information content (AvgIpc) is 2.36. The minimum Gasteiger partial charge on any atom is -0.787 e. The molecule has 0 unspecified atom stereocenters. The van der Waals surface area contributed by atoms with Gasteiger partial charge in [-0.05, 0) is 10.4 Å². The largest absolute Gasteiger partial charge is 0.787 e. The first-order valence-electron chi connectivity index (χ1n) is 2.19. The van der Waals surface area contributed by atoms with Gasteiger partial charge in [0.05, 0.1) is 0 Å². The number of tetrazole rings is 1. The minimum absolute atomic E-state index is 0.335. The summed E-state index contributed by atoms with van der Waals surface area (Å²) in [5.41, 5.74) is 0. The van der Waals surface area contributed by atoms with Crippen LogP contribution in [0.4, 0.5) is 0 Å². The molecule has 0 saturated heterocycles. The maximum Gasteiger partial charge on any atom is 0.306 e. The topological polar surface area (TPSA) is 125 Å². The fourth-order valence-corrected chi connectivity index (χ4v) is 0.836. The van der Waals surface area contributed by atoms with E-state index in [2.05, 4.69) is 15.5 Å². The lowest BCUT2D eigenvalue weighted by molar-refractivity contribution is 0.590. The molecular weight excluding hydrogens is 174 g/mol. The molecule has 0 aliphatic carbocycles.